The highest BCUT2D eigenvalue weighted by atomic mass is 32.2. The summed E-state index contributed by atoms with van der Waals surface area (Å²) in [6, 6.07) is 4.39. The molecule has 0 radical (unpaired) electrons. The lowest BCUT2D eigenvalue weighted by molar-refractivity contribution is 0.354. The van der Waals surface area contributed by atoms with E-state index in [1.807, 2.05) is 6.92 Å². The van der Waals surface area contributed by atoms with E-state index in [1.54, 1.807) is 25.1 Å². The molecule has 1 unspecified atom stereocenters. The molecule has 2 heterocycles. The number of rotatable bonds is 4. The van der Waals surface area contributed by atoms with Gasteiger partial charge < -0.3 is 0 Å². The Morgan fingerprint density at radius 2 is 2.13 bits per heavy atom. The van der Waals surface area contributed by atoms with E-state index < -0.39 is 25.9 Å². The molecule has 0 bridgehead atoms. The molecule has 1 aromatic carbocycles. The standard InChI is InChI=1S/C14H18N2O4S3/c1-3-16(11-6-7-22(17,18)9-11)23(19,20)12-4-5-13-14(8-12)21-10(2)15-13/h4-5,8,11H,3,6-7,9H2,1-2H3. The number of nitrogens with zero attached hydrogens (tertiary/aromatic N) is 2. The van der Waals surface area contributed by atoms with Gasteiger partial charge in [0.25, 0.3) is 0 Å². The molecule has 1 aliphatic heterocycles. The van der Waals surface area contributed by atoms with Gasteiger partial charge in [0.1, 0.15) is 0 Å². The first-order valence-electron chi connectivity index (χ1n) is 7.32. The number of hydrogen-bond acceptors (Lipinski definition) is 6. The Bertz CT molecular complexity index is 948. The van der Waals surface area contributed by atoms with Gasteiger partial charge in [-0.2, -0.15) is 4.31 Å². The van der Waals surface area contributed by atoms with Gasteiger partial charge in [-0.15, -0.1) is 11.3 Å². The van der Waals surface area contributed by atoms with E-state index in [1.165, 1.54) is 15.6 Å². The van der Waals surface area contributed by atoms with Crippen LogP contribution in [0.2, 0.25) is 0 Å². The molecule has 0 aliphatic carbocycles. The Morgan fingerprint density at radius 1 is 1.39 bits per heavy atom. The zero-order valence-electron chi connectivity index (χ0n) is 12.9. The summed E-state index contributed by atoms with van der Waals surface area (Å²) < 4.78 is 51.3. The summed E-state index contributed by atoms with van der Waals surface area (Å²) in [5.74, 6) is -0.0429. The zero-order chi connectivity index (χ0) is 16.8. The minimum Gasteiger partial charge on any atom is -0.242 e. The molecule has 0 saturated carbocycles. The van der Waals surface area contributed by atoms with Gasteiger partial charge in [0.05, 0.1) is 31.6 Å². The Morgan fingerprint density at radius 3 is 2.74 bits per heavy atom. The van der Waals surface area contributed by atoms with Crippen molar-refractivity contribution in [2.24, 2.45) is 0 Å². The first-order chi connectivity index (χ1) is 10.7. The molecule has 23 heavy (non-hydrogen) atoms. The third kappa shape index (κ3) is 3.15. The second-order valence-electron chi connectivity index (χ2n) is 5.63. The van der Waals surface area contributed by atoms with Crippen LogP contribution >= 0.6 is 11.3 Å². The molecule has 1 fully saturated rings. The molecule has 1 atom stereocenters. The van der Waals surface area contributed by atoms with E-state index >= 15 is 0 Å². The van der Waals surface area contributed by atoms with Crippen molar-refractivity contribution in [1.29, 1.82) is 0 Å². The van der Waals surface area contributed by atoms with Crippen LogP contribution in [0.1, 0.15) is 18.4 Å². The van der Waals surface area contributed by atoms with Gasteiger partial charge in [-0.3, -0.25) is 0 Å². The van der Waals surface area contributed by atoms with Gasteiger partial charge >= 0.3 is 0 Å². The minimum atomic E-state index is -3.72. The van der Waals surface area contributed by atoms with Crippen molar-refractivity contribution >= 4 is 41.4 Å². The van der Waals surface area contributed by atoms with Crippen LogP contribution in [0.4, 0.5) is 0 Å². The topological polar surface area (TPSA) is 84.4 Å². The molecular formula is C14H18N2O4S3. The SMILES string of the molecule is CCN(C1CCS(=O)(=O)C1)S(=O)(=O)c1ccc2nc(C)sc2c1. The van der Waals surface area contributed by atoms with Crippen LogP contribution in [0.3, 0.4) is 0 Å². The van der Waals surface area contributed by atoms with Crippen LogP contribution in [0.15, 0.2) is 23.1 Å². The summed E-state index contributed by atoms with van der Waals surface area (Å²) in [5, 5.41) is 0.879. The highest BCUT2D eigenvalue weighted by molar-refractivity contribution is 7.92. The Kier molecular flexibility index (Phi) is 4.24. The van der Waals surface area contributed by atoms with Gasteiger partial charge in [0, 0.05) is 12.6 Å². The van der Waals surface area contributed by atoms with Crippen LogP contribution in [0.5, 0.6) is 0 Å². The third-order valence-electron chi connectivity index (χ3n) is 4.00. The molecule has 126 valence electrons. The van der Waals surface area contributed by atoms with Crippen molar-refractivity contribution in [2.45, 2.75) is 31.2 Å². The van der Waals surface area contributed by atoms with Gasteiger partial charge in [-0.05, 0) is 31.5 Å². The van der Waals surface area contributed by atoms with Crippen molar-refractivity contribution in [3.8, 4) is 0 Å². The van der Waals surface area contributed by atoms with Crippen LogP contribution in [0, 0.1) is 6.92 Å². The van der Waals surface area contributed by atoms with E-state index in [-0.39, 0.29) is 22.9 Å². The van der Waals surface area contributed by atoms with Crippen molar-refractivity contribution < 1.29 is 16.8 Å². The molecule has 1 saturated heterocycles. The molecule has 6 nitrogen and oxygen atoms in total. The van der Waals surface area contributed by atoms with Gasteiger partial charge in [0.15, 0.2) is 9.84 Å². The van der Waals surface area contributed by atoms with E-state index in [0.29, 0.717) is 6.42 Å². The summed E-state index contributed by atoms with van der Waals surface area (Å²) in [7, 11) is -6.86. The highest BCUT2D eigenvalue weighted by Gasteiger charge is 2.38. The Hall–Kier alpha value is -1.03. The molecule has 3 rings (SSSR count). The molecule has 0 spiro atoms. The summed E-state index contributed by atoms with van der Waals surface area (Å²) in [6.45, 7) is 3.86. The van der Waals surface area contributed by atoms with Gasteiger partial charge in [0.2, 0.25) is 10.0 Å². The third-order valence-corrected chi connectivity index (χ3v) is 8.71. The maximum atomic E-state index is 12.9. The number of aryl methyl sites for hydroxylation is 1. The van der Waals surface area contributed by atoms with E-state index in [0.717, 1.165) is 15.2 Å². The lowest BCUT2D eigenvalue weighted by Crippen LogP contribution is -2.40. The maximum Gasteiger partial charge on any atom is 0.243 e. The number of aromatic nitrogens is 1. The van der Waals surface area contributed by atoms with E-state index in [9.17, 15) is 16.8 Å². The largest absolute Gasteiger partial charge is 0.243 e. The molecule has 0 N–H and O–H groups in total. The molecule has 1 aliphatic rings. The van der Waals surface area contributed by atoms with Crippen LogP contribution in [0.25, 0.3) is 10.2 Å². The predicted octanol–water partition coefficient (Wildman–Crippen LogP) is 1.80. The number of hydrogen-bond donors (Lipinski definition) is 0. The van der Waals surface area contributed by atoms with E-state index in [4.69, 9.17) is 0 Å². The first kappa shape index (κ1) is 16.8. The minimum absolute atomic E-state index is 0.0523. The lowest BCUT2D eigenvalue weighted by atomic mass is 10.3. The number of fused-ring (bicyclic) bond motifs is 1. The average Bonchev–Trinajstić information content (AvgIpc) is 2.99. The quantitative estimate of drug-likeness (QED) is 0.815. The van der Waals surface area contributed by atoms with Crippen molar-refractivity contribution in [2.75, 3.05) is 18.1 Å². The Labute approximate surface area is 140 Å². The summed E-state index contributed by atoms with van der Waals surface area (Å²) in [4.78, 5) is 4.52. The molecule has 2 aromatic rings. The smallest absolute Gasteiger partial charge is 0.242 e. The molecule has 0 amide bonds. The predicted molar refractivity (Wildman–Crippen MR) is 91.0 cm³/mol. The fourth-order valence-corrected chi connectivity index (χ4v) is 7.40. The average molecular weight is 375 g/mol. The normalized spacial score (nSPS) is 21.3. The van der Waals surface area contributed by atoms with Crippen LogP contribution in [-0.4, -0.2) is 50.2 Å². The van der Waals surface area contributed by atoms with Crippen molar-refractivity contribution in [3.05, 3.63) is 23.2 Å². The monoisotopic (exact) mass is 374 g/mol. The molecular weight excluding hydrogens is 356 g/mol. The zero-order valence-corrected chi connectivity index (χ0v) is 15.3. The fourth-order valence-electron chi connectivity index (χ4n) is 2.94. The van der Waals surface area contributed by atoms with Crippen LogP contribution < -0.4 is 0 Å². The van der Waals surface area contributed by atoms with Crippen molar-refractivity contribution in [1.82, 2.24) is 9.29 Å². The molecule has 9 heteroatoms. The van der Waals surface area contributed by atoms with Gasteiger partial charge in [-0.25, -0.2) is 21.8 Å². The fraction of sp³-hybridized carbons (Fsp3) is 0.500. The molecule has 1 aromatic heterocycles. The second kappa shape index (κ2) is 5.80. The van der Waals surface area contributed by atoms with Crippen LogP contribution in [-0.2, 0) is 19.9 Å². The summed E-state index contributed by atoms with van der Waals surface area (Å²) >= 11 is 1.44. The highest BCUT2D eigenvalue weighted by Crippen LogP contribution is 2.29. The second-order valence-corrected chi connectivity index (χ2v) is 11.0. The number of thiazole rings is 1. The van der Waals surface area contributed by atoms with Gasteiger partial charge in [-0.1, -0.05) is 6.92 Å². The lowest BCUT2D eigenvalue weighted by Gasteiger charge is -2.25. The summed E-state index contributed by atoms with van der Waals surface area (Å²) in [6.07, 6.45) is 0.358. The summed E-state index contributed by atoms with van der Waals surface area (Å²) in [5.41, 5.74) is 0.776. The number of sulfone groups is 1. The maximum absolute atomic E-state index is 12.9. The number of benzene rings is 1. The first-order valence-corrected chi connectivity index (χ1v) is 11.4. The number of sulfonamides is 1. The Balaban J connectivity index is 2.00. The van der Waals surface area contributed by atoms with E-state index in [2.05, 4.69) is 4.98 Å². The van der Waals surface area contributed by atoms with Crippen molar-refractivity contribution in [3.63, 3.8) is 0 Å².